The van der Waals surface area contributed by atoms with E-state index in [1.54, 1.807) is 20.2 Å². The molecule has 3 aromatic rings. The van der Waals surface area contributed by atoms with Crippen LogP contribution in [0.25, 0.3) is 10.7 Å². The maximum atomic E-state index is 12.2. The number of anilines is 1. The highest BCUT2D eigenvalue weighted by Crippen LogP contribution is 2.26. The molecule has 0 unspecified atom stereocenters. The molecule has 23 heavy (non-hydrogen) atoms. The standard InChI is InChI=1S/C15H14N4O2S2/c1-9-12(14(16-2)23-19-9)15(20)21-7-10-8-22-13(18-10)11-5-3-4-6-17-11/h3-6,8,16H,7H2,1-2H3. The van der Waals surface area contributed by atoms with E-state index >= 15 is 0 Å². The lowest BCUT2D eigenvalue weighted by molar-refractivity contribution is 0.0469. The number of nitrogens with one attached hydrogen (secondary N) is 1. The van der Waals surface area contributed by atoms with Crippen LogP contribution >= 0.6 is 22.9 Å². The summed E-state index contributed by atoms with van der Waals surface area (Å²) in [6.45, 7) is 1.91. The van der Waals surface area contributed by atoms with Crippen molar-refractivity contribution in [2.45, 2.75) is 13.5 Å². The predicted octanol–water partition coefficient (Wildman–Crippen LogP) is 3.37. The molecule has 3 aromatic heterocycles. The molecule has 0 radical (unpaired) electrons. The van der Waals surface area contributed by atoms with Crippen LogP contribution in [-0.2, 0) is 11.3 Å². The molecule has 8 heteroatoms. The van der Waals surface area contributed by atoms with Crippen LogP contribution < -0.4 is 5.32 Å². The molecule has 0 aromatic carbocycles. The van der Waals surface area contributed by atoms with E-state index in [0.29, 0.717) is 22.0 Å². The van der Waals surface area contributed by atoms with E-state index in [9.17, 15) is 4.79 Å². The van der Waals surface area contributed by atoms with Crippen molar-refractivity contribution in [1.82, 2.24) is 14.3 Å². The van der Waals surface area contributed by atoms with Crippen LogP contribution in [0.4, 0.5) is 5.00 Å². The van der Waals surface area contributed by atoms with Gasteiger partial charge in [0, 0.05) is 18.6 Å². The van der Waals surface area contributed by atoms with Gasteiger partial charge in [-0.05, 0) is 30.6 Å². The number of pyridine rings is 1. The number of aromatic nitrogens is 3. The van der Waals surface area contributed by atoms with Gasteiger partial charge in [0.1, 0.15) is 22.2 Å². The summed E-state index contributed by atoms with van der Waals surface area (Å²) in [6.07, 6.45) is 1.72. The molecule has 118 valence electrons. The maximum absolute atomic E-state index is 12.2. The first-order valence-electron chi connectivity index (χ1n) is 6.86. The van der Waals surface area contributed by atoms with Gasteiger partial charge in [-0.15, -0.1) is 11.3 Å². The summed E-state index contributed by atoms with van der Waals surface area (Å²) in [6, 6.07) is 5.67. The molecule has 0 atom stereocenters. The Hall–Kier alpha value is -2.32. The highest BCUT2D eigenvalue weighted by Gasteiger charge is 2.19. The van der Waals surface area contributed by atoms with Gasteiger partial charge in [-0.25, -0.2) is 9.78 Å². The minimum Gasteiger partial charge on any atom is -0.455 e. The SMILES string of the molecule is CNc1snc(C)c1C(=O)OCc1csc(-c2ccccn2)n1. The van der Waals surface area contributed by atoms with Gasteiger partial charge >= 0.3 is 5.97 Å². The third kappa shape index (κ3) is 3.38. The number of carbonyl (C=O) groups is 1. The van der Waals surface area contributed by atoms with Crippen molar-refractivity contribution in [3.63, 3.8) is 0 Å². The van der Waals surface area contributed by atoms with Gasteiger partial charge in [0.2, 0.25) is 0 Å². The fourth-order valence-corrected chi connectivity index (χ4v) is 3.49. The first-order chi connectivity index (χ1) is 11.2. The molecule has 0 bridgehead atoms. The highest BCUT2D eigenvalue weighted by atomic mass is 32.1. The number of aryl methyl sites for hydroxylation is 1. The second-order valence-corrected chi connectivity index (χ2v) is 6.29. The predicted molar refractivity (Wildman–Crippen MR) is 90.9 cm³/mol. The van der Waals surface area contributed by atoms with Crippen LogP contribution in [0, 0.1) is 6.92 Å². The van der Waals surface area contributed by atoms with Crippen molar-refractivity contribution in [1.29, 1.82) is 0 Å². The van der Waals surface area contributed by atoms with Crippen molar-refractivity contribution >= 4 is 33.8 Å². The van der Waals surface area contributed by atoms with Gasteiger partial charge in [0.05, 0.1) is 17.1 Å². The van der Waals surface area contributed by atoms with Crippen molar-refractivity contribution in [2.24, 2.45) is 0 Å². The Morgan fingerprint density at radius 1 is 1.39 bits per heavy atom. The zero-order valence-electron chi connectivity index (χ0n) is 12.6. The second kappa shape index (κ2) is 6.84. The Balaban J connectivity index is 1.68. The molecule has 0 saturated heterocycles. The molecule has 3 heterocycles. The minimum atomic E-state index is -0.395. The summed E-state index contributed by atoms with van der Waals surface area (Å²) in [4.78, 5) is 20.9. The summed E-state index contributed by atoms with van der Waals surface area (Å²) in [7, 11) is 1.75. The summed E-state index contributed by atoms with van der Waals surface area (Å²) in [5.41, 5.74) is 2.66. The molecule has 0 aliphatic heterocycles. The van der Waals surface area contributed by atoms with Crippen LogP contribution in [0.15, 0.2) is 29.8 Å². The average molecular weight is 346 g/mol. The molecule has 0 fully saturated rings. The van der Waals surface area contributed by atoms with Crippen molar-refractivity contribution in [2.75, 3.05) is 12.4 Å². The van der Waals surface area contributed by atoms with Gasteiger partial charge in [-0.2, -0.15) is 4.37 Å². The largest absolute Gasteiger partial charge is 0.455 e. The minimum absolute atomic E-state index is 0.126. The fourth-order valence-electron chi connectivity index (χ4n) is 1.97. The van der Waals surface area contributed by atoms with E-state index in [4.69, 9.17) is 4.74 Å². The van der Waals surface area contributed by atoms with Gasteiger partial charge < -0.3 is 10.1 Å². The Kier molecular flexibility index (Phi) is 4.63. The first-order valence-corrected chi connectivity index (χ1v) is 8.51. The monoisotopic (exact) mass is 346 g/mol. The first kappa shape index (κ1) is 15.6. The number of carbonyl (C=O) groups excluding carboxylic acids is 1. The van der Waals surface area contributed by atoms with E-state index in [-0.39, 0.29) is 6.61 Å². The Bertz CT molecular complexity index is 814. The van der Waals surface area contributed by atoms with Gasteiger partial charge in [0.25, 0.3) is 0 Å². The molecule has 0 saturated carbocycles. The number of ether oxygens (including phenoxy) is 1. The number of hydrogen-bond acceptors (Lipinski definition) is 8. The van der Waals surface area contributed by atoms with E-state index in [1.807, 2.05) is 23.6 Å². The zero-order valence-corrected chi connectivity index (χ0v) is 14.2. The second-order valence-electron chi connectivity index (χ2n) is 4.66. The van der Waals surface area contributed by atoms with Crippen LogP contribution in [0.1, 0.15) is 21.7 Å². The zero-order chi connectivity index (χ0) is 16.2. The van der Waals surface area contributed by atoms with Crippen LogP contribution in [0.2, 0.25) is 0 Å². The van der Waals surface area contributed by atoms with Crippen LogP contribution in [0.3, 0.4) is 0 Å². The molecular formula is C15H14N4O2S2. The Morgan fingerprint density at radius 3 is 3.00 bits per heavy atom. The molecule has 0 aliphatic carbocycles. The topological polar surface area (TPSA) is 77.0 Å². The number of nitrogens with zero attached hydrogens (tertiary/aromatic N) is 3. The van der Waals surface area contributed by atoms with Crippen LogP contribution in [0.5, 0.6) is 0 Å². The fraction of sp³-hybridized carbons (Fsp3) is 0.200. The molecule has 6 nitrogen and oxygen atoms in total. The third-order valence-corrected chi connectivity index (χ3v) is 4.95. The molecule has 0 spiro atoms. The van der Waals surface area contributed by atoms with E-state index in [0.717, 1.165) is 10.7 Å². The lowest BCUT2D eigenvalue weighted by atomic mass is 10.2. The lowest BCUT2D eigenvalue weighted by Crippen LogP contribution is -2.08. The van der Waals surface area contributed by atoms with E-state index in [2.05, 4.69) is 19.7 Å². The molecule has 1 N–H and O–H groups in total. The van der Waals surface area contributed by atoms with Crippen LogP contribution in [-0.4, -0.2) is 27.4 Å². The Morgan fingerprint density at radius 2 is 2.26 bits per heavy atom. The van der Waals surface area contributed by atoms with E-state index < -0.39 is 5.97 Å². The lowest BCUT2D eigenvalue weighted by Gasteiger charge is -2.04. The van der Waals surface area contributed by atoms with Crippen molar-refractivity contribution in [3.05, 3.63) is 46.7 Å². The third-order valence-electron chi connectivity index (χ3n) is 3.08. The van der Waals surface area contributed by atoms with Gasteiger partial charge in [-0.1, -0.05) is 6.07 Å². The number of hydrogen-bond donors (Lipinski definition) is 1. The average Bonchev–Trinajstić information content (AvgIpc) is 3.20. The van der Waals surface area contributed by atoms with Crippen molar-refractivity contribution < 1.29 is 9.53 Å². The molecule has 0 aliphatic rings. The molecular weight excluding hydrogens is 332 g/mol. The maximum Gasteiger partial charge on any atom is 0.343 e. The number of esters is 1. The van der Waals surface area contributed by atoms with E-state index in [1.165, 1.54) is 22.9 Å². The normalized spacial score (nSPS) is 10.5. The Labute approximate surface area is 141 Å². The summed E-state index contributed by atoms with van der Waals surface area (Å²) < 4.78 is 9.52. The highest BCUT2D eigenvalue weighted by molar-refractivity contribution is 7.13. The molecule has 0 amide bonds. The smallest absolute Gasteiger partial charge is 0.343 e. The van der Waals surface area contributed by atoms with Gasteiger partial charge in [-0.3, -0.25) is 4.98 Å². The van der Waals surface area contributed by atoms with Gasteiger partial charge in [0.15, 0.2) is 0 Å². The summed E-state index contributed by atoms with van der Waals surface area (Å²) >= 11 is 2.72. The number of rotatable bonds is 5. The summed E-state index contributed by atoms with van der Waals surface area (Å²) in [5, 5.41) is 6.34. The quantitative estimate of drug-likeness (QED) is 0.714. The molecule has 3 rings (SSSR count). The summed E-state index contributed by atoms with van der Waals surface area (Å²) in [5.74, 6) is -0.395. The number of thiazole rings is 1. The van der Waals surface area contributed by atoms with Crippen molar-refractivity contribution in [3.8, 4) is 10.7 Å².